The van der Waals surface area contributed by atoms with Crippen LogP contribution in [0.1, 0.15) is 0 Å². The fraction of sp³-hybridized carbons (Fsp3) is 0.200. The predicted octanol–water partition coefficient (Wildman–Crippen LogP) is 3.05. The molecule has 0 aromatic heterocycles. The summed E-state index contributed by atoms with van der Waals surface area (Å²) < 4.78 is 10.5. The second-order valence-corrected chi connectivity index (χ2v) is 4.22. The van der Waals surface area contributed by atoms with E-state index in [4.69, 9.17) is 15.2 Å². The van der Waals surface area contributed by atoms with Crippen molar-refractivity contribution in [3.8, 4) is 11.5 Å². The Morgan fingerprint density at radius 2 is 1.58 bits per heavy atom. The molecule has 0 spiro atoms. The van der Waals surface area contributed by atoms with E-state index in [1.165, 1.54) is 0 Å². The SMILES string of the molecule is COc1cccc(N(C)c2cc(N)cc(OC)c2)c1. The minimum Gasteiger partial charge on any atom is -0.497 e. The van der Waals surface area contributed by atoms with Crippen molar-refractivity contribution >= 4 is 17.1 Å². The molecule has 0 saturated carbocycles. The molecule has 0 aliphatic heterocycles. The standard InChI is InChI=1S/C15H18N2O2/c1-17(12-5-4-6-14(9-12)18-2)13-7-11(16)8-15(10-13)19-3/h4-10H,16H2,1-3H3. The van der Waals surface area contributed by atoms with Crippen LogP contribution >= 0.6 is 0 Å². The van der Waals surface area contributed by atoms with E-state index >= 15 is 0 Å². The van der Waals surface area contributed by atoms with Crippen LogP contribution in [0.15, 0.2) is 42.5 Å². The zero-order valence-corrected chi connectivity index (χ0v) is 11.4. The fourth-order valence-electron chi connectivity index (χ4n) is 1.89. The molecule has 2 N–H and O–H groups in total. The lowest BCUT2D eigenvalue weighted by atomic mass is 10.2. The predicted molar refractivity (Wildman–Crippen MR) is 78.5 cm³/mol. The molecule has 0 aliphatic carbocycles. The summed E-state index contributed by atoms with van der Waals surface area (Å²) in [5.41, 5.74) is 8.53. The molecule has 0 amide bonds. The second kappa shape index (κ2) is 5.52. The maximum Gasteiger partial charge on any atom is 0.122 e. The summed E-state index contributed by atoms with van der Waals surface area (Å²) in [7, 11) is 5.26. The number of nitrogens with zero attached hydrogens (tertiary/aromatic N) is 1. The summed E-state index contributed by atoms with van der Waals surface area (Å²) in [6, 6.07) is 13.5. The number of nitrogen functional groups attached to an aromatic ring is 1. The van der Waals surface area contributed by atoms with Crippen LogP contribution < -0.4 is 20.1 Å². The van der Waals surface area contributed by atoms with E-state index in [9.17, 15) is 0 Å². The summed E-state index contributed by atoms with van der Waals surface area (Å²) >= 11 is 0. The van der Waals surface area contributed by atoms with Gasteiger partial charge in [-0.2, -0.15) is 0 Å². The highest BCUT2D eigenvalue weighted by atomic mass is 16.5. The highest BCUT2D eigenvalue weighted by molar-refractivity contribution is 5.69. The van der Waals surface area contributed by atoms with Gasteiger partial charge in [0.05, 0.1) is 14.2 Å². The Hall–Kier alpha value is -2.36. The third-order valence-corrected chi connectivity index (χ3v) is 2.98. The van der Waals surface area contributed by atoms with Gasteiger partial charge in [0.2, 0.25) is 0 Å². The van der Waals surface area contributed by atoms with Crippen molar-refractivity contribution < 1.29 is 9.47 Å². The highest BCUT2D eigenvalue weighted by Crippen LogP contribution is 2.31. The molecule has 0 saturated heterocycles. The number of hydrogen-bond acceptors (Lipinski definition) is 4. The average molecular weight is 258 g/mol. The van der Waals surface area contributed by atoms with E-state index < -0.39 is 0 Å². The number of ether oxygens (including phenoxy) is 2. The smallest absolute Gasteiger partial charge is 0.122 e. The average Bonchev–Trinajstić information content (AvgIpc) is 2.45. The van der Waals surface area contributed by atoms with Crippen LogP contribution in [0.2, 0.25) is 0 Å². The number of nitrogens with two attached hydrogens (primary N) is 1. The fourth-order valence-corrected chi connectivity index (χ4v) is 1.89. The molecule has 100 valence electrons. The Bertz CT molecular complexity index is 570. The summed E-state index contributed by atoms with van der Waals surface area (Å²) in [4.78, 5) is 2.03. The van der Waals surface area contributed by atoms with Gasteiger partial charge >= 0.3 is 0 Å². The number of benzene rings is 2. The maximum atomic E-state index is 5.88. The lowest BCUT2D eigenvalue weighted by molar-refractivity contribution is 0.415. The molecule has 2 aromatic carbocycles. The lowest BCUT2D eigenvalue weighted by Crippen LogP contribution is -2.10. The van der Waals surface area contributed by atoms with Gasteiger partial charge in [0.1, 0.15) is 11.5 Å². The molecule has 4 nitrogen and oxygen atoms in total. The van der Waals surface area contributed by atoms with Crippen LogP contribution in [0, 0.1) is 0 Å². The highest BCUT2D eigenvalue weighted by Gasteiger charge is 2.07. The van der Waals surface area contributed by atoms with E-state index in [0.29, 0.717) is 5.69 Å². The zero-order chi connectivity index (χ0) is 13.8. The number of anilines is 3. The largest absolute Gasteiger partial charge is 0.497 e. The van der Waals surface area contributed by atoms with Crippen molar-refractivity contribution in [2.24, 2.45) is 0 Å². The van der Waals surface area contributed by atoms with Gasteiger partial charge in [-0.15, -0.1) is 0 Å². The van der Waals surface area contributed by atoms with Gasteiger partial charge in [-0.05, 0) is 18.2 Å². The van der Waals surface area contributed by atoms with Crippen molar-refractivity contribution in [1.82, 2.24) is 0 Å². The van der Waals surface area contributed by atoms with Crippen LogP contribution in [-0.4, -0.2) is 21.3 Å². The zero-order valence-electron chi connectivity index (χ0n) is 11.4. The van der Waals surface area contributed by atoms with Gasteiger partial charge in [-0.25, -0.2) is 0 Å². The summed E-state index contributed by atoms with van der Waals surface area (Å²) in [5.74, 6) is 1.56. The minimum atomic E-state index is 0.670. The van der Waals surface area contributed by atoms with Crippen molar-refractivity contribution in [3.05, 3.63) is 42.5 Å². The molecule has 4 heteroatoms. The second-order valence-electron chi connectivity index (χ2n) is 4.22. The van der Waals surface area contributed by atoms with Gasteiger partial charge < -0.3 is 20.1 Å². The van der Waals surface area contributed by atoms with E-state index in [1.54, 1.807) is 20.3 Å². The van der Waals surface area contributed by atoms with Gasteiger partial charge in [-0.1, -0.05) is 6.07 Å². The monoisotopic (exact) mass is 258 g/mol. The van der Waals surface area contributed by atoms with Crippen LogP contribution in [-0.2, 0) is 0 Å². The maximum absolute atomic E-state index is 5.88. The Morgan fingerprint density at radius 3 is 2.26 bits per heavy atom. The molecule has 0 radical (unpaired) electrons. The lowest BCUT2D eigenvalue weighted by Gasteiger charge is -2.21. The van der Waals surface area contributed by atoms with Crippen molar-refractivity contribution in [2.75, 3.05) is 31.9 Å². The number of methoxy groups -OCH3 is 2. The van der Waals surface area contributed by atoms with Crippen molar-refractivity contribution in [1.29, 1.82) is 0 Å². The number of rotatable bonds is 4. The van der Waals surface area contributed by atoms with Gasteiger partial charge in [0.25, 0.3) is 0 Å². The Morgan fingerprint density at radius 1 is 0.895 bits per heavy atom. The molecule has 2 aromatic rings. The molecule has 0 unspecified atom stereocenters. The third-order valence-electron chi connectivity index (χ3n) is 2.98. The Labute approximate surface area is 113 Å². The normalized spacial score (nSPS) is 10.1. The molecule has 0 atom stereocenters. The Kier molecular flexibility index (Phi) is 3.80. The first-order chi connectivity index (χ1) is 9.13. The first-order valence-electron chi connectivity index (χ1n) is 5.96. The molecule has 2 rings (SSSR count). The van der Waals surface area contributed by atoms with Crippen molar-refractivity contribution in [2.45, 2.75) is 0 Å². The summed E-state index contributed by atoms with van der Waals surface area (Å²) in [6.07, 6.45) is 0. The third kappa shape index (κ3) is 2.91. The van der Waals surface area contributed by atoms with Crippen LogP contribution in [0.25, 0.3) is 0 Å². The molecule has 0 heterocycles. The van der Waals surface area contributed by atoms with E-state index in [0.717, 1.165) is 22.9 Å². The van der Waals surface area contributed by atoms with E-state index in [2.05, 4.69) is 0 Å². The van der Waals surface area contributed by atoms with Crippen LogP contribution in [0.3, 0.4) is 0 Å². The van der Waals surface area contributed by atoms with Crippen LogP contribution in [0.4, 0.5) is 17.1 Å². The van der Waals surface area contributed by atoms with Crippen LogP contribution in [0.5, 0.6) is 11.5 Å². The molecule has 0 fully saturated rings. The quantitative estimate of drug-likeness (QED) is 0.856. The first kappa shape index (κ1) is 13.1. The Balaban J connectivity index is 2.37. The first-order valence-corrected chi connectivity index (χ1v) is 5.96. The number of hydrogen-bond donors (Lipinski definition) is 1. The van der Waals surface area contributed by atoms with Gasteiger partial charge in [0.15, 0.2) is 0 Å². The summed E-state index contributed by atoms with van der Waals surface area (Å²) in [5, 5.41) is 0. The topological polar surface area (TPSA) is 47.7 Å². The van der Waals surface area contributed by atoms with Crippen molar-refractivity contribution in [3.63, 3.8) is 0 Å². The molecular weight excluding hydrogens is 240 g/mol. The molecule has 0 bridgehead atoms. The minimum absolute atomic E-state index is 0.670. The van der Waals surface area contributed by atoms with E-state index in [-0.39, 0.29) is 0 Å². The summed E-state index contributed by atoms with van der Waals surface area (Å²) in [6.45, 7) is 0. The molecule has 0 aliphatic rings. The molecule has 19 heavy (non-hydrogen) atoms. The molecular formula is C15H18N2O2. The van der Waals surface area contributed by atoms with E-state index in [1.807, 2.05) is 48.3 Å². The van der Waals surface area contributed by atoms with Gasteiger partial charge in [0, 0.05) is 42.3 Å². The van der Waals surface area contributed by atoms with Gasteiger partial charge in [-0.3, -0.25) is 0 Å².